The fourth-order valence-electron chi connectivity index (χ4n) is 1.45. The molecule has 86 valence electrons. The van der Waals surface area contributed by atoms with Crippen LogP contribution in [0.3, 0.4) is 0 Å². The van der Waals surface area contributed by atoms with E-state index in [1.54, 1.807) is 6.92 Å². The van der Waals surface area contributed by atoms with Crippen molar-refractivity contribution in [1.29, 1.82) is 0 Å². The molecule has 1 atom stereocenters. The molecule has 0 aromatic heterocycles. The van der Waals surface area contributed by atoms with Gasteiger partial charge >= 0.3 is 0 Å². The van der Waals surface area contributed by atoms with Crippen molar-refractivity contribution in [2.24, 2.45) is 5.84 Å². The second-order valence-electron chi connectivity index (χ2n) is 3.35. The number of hydrogen-bond donors (Lipinski definition) is 2. The lowest BCUT2D eigenvalue weighted by atomic mass is 10.0. The molecule has 0 aliphatic rings. The molecule has 1 rings (SSSR count). The van der Waals surface area contributed by atoms with Crippen molar-refractivity contribution < 1.29 is 8.78 Å². The smallest absolute Gasteiger partial charge is 0.128 e. The van der Waals surface area contributed by atoms with Crippen LogP contribution in [0.25, 0.3) is 0 Å². The third-order valence-electron chi connectivity index (χ3n) is 2.27. The molecular formula is C12H14F2N2. The third kappa shape index (κ3) is 3.30. The molecule has 0 aliphatic carbocycles. The average Bonchev–Trinajstić information content (AvgIpc) is 2.28. The fourth-order valence-corrected chi connectivity index (χ4v) is 1.45. The van der Waals surface area contributed by atoms with Gasteiger partial charge < -0.3 is 0 Å². The number of halogens is 2. The van der Waals surface area contributed by atoms with Gasteiger partial charge in [0.2, 0.25) is 0 Å². The van der Waals surface area contributed by atoms with E-state index in [0.717, 1.165) is 18.2 Å². The van der Waals surface area contributed by atoms with Gasteiger partial charge in [-0.25, -0.2) is 8.78 Å². The first-order chi connectivity index (χ1) is 7.69. The van der Waals surface area contributed by atoms with E-state index in [0.29, 0.717) is 12.8 Å². The first kappa shape index (κ1) is 12.6. The quantitative estimate of drug-likeness (QED) is 0.468. The van der Waals surface area contributed by atoms with Gasteiger partial charge in [-0.05, 0) is 31.5 Å². The third-order valence-corrected chi connectivity index (χ3v) is 2.27. The summed E-state index contributed by atoms with van der Waals surface area (Å²) in [5.41, 5.74) is 2.71. The van der Waals surface area contributed by atoms with E-state index in [9.17, 15) is 8.78 Å². The molecule has 16 heavy (non-hydrogen) atoms. The van der Waals surface area contributed by atoms with Gasteiger partial charge in [-0.2, -0.15) is 0 Å². The predicted octanol–water partition coefficient (Wildman–Crippen LogP) is 2.27. The van der Waals surface area contributed by atoms with E-state index in [2.05, 4.69) is 17.3 Å². The van der Waals surface area contributed by atoms with Crippen LogP contribution in [-0.4, -0.2) is 0 Å². The van der Waals surface area contributed by atoms with Crippen molar-refractivity contribution in [3.05, 3.63) is 35.4 Å². The summed E-state index contributed by atoms with van der Waals surface area (Å²) in [4.78, 5) is 0. The molecule has 0 saturated heterocycles. The molecule has 0 radical (unpaired) electrons. The van der Waals surface area contributed by atoms with Crippen molar-refractivity contribution in [2.45, 2.75) is 25.8 Å². The van der Waals surface area contributed by atoms with Gasteiger partial charge in [-0.3, -0.25) is 11.3 Å². The molecule has 0 amide bonds. The Morgan fingerprint density at radius 2 is 2.19 bits per heavy atom. The molecule has 3 N–H and O–H groups in total. The molecule has 2 nitrogen and oxygen atoms in total. The van der Waals surface area contributed by atoms with Gasteiger partial charge in [0.05, 0.1) is 0 Å². The summed E-state index contributed by atoms with van der Waals surface area (Å²) in [6.45, 7) is 1.73. The summed E-state index contributed by atoms with van der Waals surface area (Å²) < 4.78 is 26.4. The van der Waals surface area contributed by atoms with Crippen molar-refractivity contribution in [3.8, 4) is 11.8 Å². The highest BCUT2D eigenvalue weighted by atomic mass is 19.1. The summed E-state index contributed by atoms with van der Waals surface area (Å²) in [6.07, 6.45) is 1.12. The van der Waals surface area contributed by atoms with Crippen LogP contribution in [0.15, 0.2) is 18.2 Å². The summed E-state index contributed by atoms with van der Waals surface area (Å²) in [6, 6.07) is 2.91. The largest absolute Gasteiger partial charge is 0.271 e. The van der Waals surface area contributed by atoms with Crippen LogP contribution in [0, 0.1) is 23.5 Å². The highest BCUT2D eigenvalue weighted by Crippen LogP contribution is 2.21. The zero-order valence-electron chi connectivity index (χ0n) is 9.06. The van der Waals surface area contributed by atoms with E-state index >= 15 is 0 Å². The number of nitrogens with two attached hydrogens (primary N) is 1. The van der Waals surface area contributed by atoms with Crippen molar-refractivity contribution in [3.63, 3.8) is 0 Å². The van der Waals surface area contributed by atoms with Gasteiger partial charge in [0.25, 0.3) is 0 Å². The van der Waals surface area contributed by atoms with E-state index in [-0.39, 0.29) is 5.56 Å². The Morgan fingerprint density at radius 1 is 1.44 bits per heavy atom. The van der Waals surface area contributed by atoms with Gasteiger partial charge in [0.15, 0.2) is 0 Å². The number of benzene rings is 1. The van der Waals surface area contributed by atoms with Crippen molar-refractivity contribution >= 4 is 0 Å². The minimum absolute atomic E-state index is 0.236. The Morgan fingerprint density at radius 3 is 2.81 bits per heavy atom. The molecule has 1 unspecified atom stereocenters. The molecule has 0 saturated carbocycles. The molecule has 1 aromatic rings. The minimum Gasteiger partial charge on any atom is -0.271 e. The number of hydrazine groups is 1. The monoisotopic (exact) mass is 224 g/mol. The molecule has 4 heteroatoms. The zero-order chi connectivity index (χ0) is 12.0. The number of nitrogens with one attached hydrogen (secondary N) is 1. The summed E-state index contributed by atoms with van der Waals surface area (Å²) in [7, 11) is 0. The first-order valence-electron chi connectivity index (χ1n) is 4.99. The fraction of sp³-hybridized carbons (Fsp3) is 0.333. The van der Waals surface area contributed by atoms with Crippen LogP contribution in [0.1, 0.15) is 31.4 Å². The summed E-state index contributed by atoms with van der Waals surface area (Å²) in [5.74, 6) is 9.97. The van der Waals surface area contributed by atoms with Crippen LogP contribution >= 0.6 is 0 Å². The Bertz CT molecular complexity index is 407. The zero-order valence-corrected chi connectivity index (χ0v) is 9.06. The molecule has 0 bridgehead atoms. The lowest BCUT2D eigenvalue weighted by molar-refractivity contribution is 0.484. The van der Waals surface area contributed by atoms with Gasteiger partial charge in [0, 0.05) is 18.0 Å². The second kappa shape index (κ2) is 6.21. The van der Waals surface area contributed by atoms with Gasteiger partial charge in [-0.15, -0.1) is 11.8 Å². The van der Waals surface area contributed by atoms with Gasteiger partial charge in [-0.1, -0.05) is 0 Å². The van der Waals surface area contributed by atoms with Crippen LogP contribution in [0.2, 0.25) is 0 Å². The Balaban J connectivity index is 2.84. The van der Waals surface area contributed by atoms with Crippen LogP contribution in [-0.2, 0) is 0 Å². The number of rotatable bonds is 4. The van der Waals surface area contributed by atoms with E-state index in [1.165, 1.54) is 0 Å². The van der Waals surface area contributed by atoms with Gasteiger partial charge in [0.1, 0.15) is 11.6 Å². The summed E-state index contributed by atoms with van der Waals surface area (Å²) in [5, 5.41) is 0. The van der Waals surface area contributed by atoms with Crippen LogP contribution < -0.4 is 11.3 Å². The first-order valence-corrected chi connectivity index (χ1v) is 4.99. The number of hydrogen-bond acceptors (Lipinski definition) is 2. The topological polar surface area (TPSA) is 38.0 Å². The summed E-state index contributed by atoms with van der Waals surface area (Å²) >= 11 is 0. The maximum atomic E-state index is 13.4. The van der Waals surface area contributed by atoms with E-state index in [4.69, 9.17) is 5.84 Å². The predicted molar refractivity (Wildman–Crippen MR) is 59.1 cm³/mol. The molecule has 0 spiro atoms. The molecule has 0 aliphatic heterocycles. The van der Waals surface area contributed by atoms with Crippen LogP contribution in [0.4, 0.5) is 8.78 Å². The Kier molecular flexibility index (Phi) is 4.90. The SMILES string of the molecule is CC#CCCC(NN)c1cc(F)ccc1F. The maximum Gasteiger partial charge on any atom is 0.128 e. The van der Waals surface area contributed by atoms with E-state index < -0.39 is 17.7 Å². The lowest BCUT2D eigenvalue weighted by Crippen LogP contribution is -2.28. The Labute approximate surface area is 93.8 Å². The van der Waals surface area contributed by atoms with E-state index in [1.807, 2.05) is 0 Å². The molecule has 0 fully saturated rings. The molecule has 0 heterocycles. The highest BCUT2D eigenvalue weighted by molar-refractivity contribution is 5.22. The normalized spacial score (nSPS) is 11.8. The lowest BCUT2D eigenvalue weighted by Gasteiger charge is -2.15. The highest BCUT2D eigenvalue weighted by Gasteiger charge is 2.14. The standard InChI is InChI=1S/C12H14F2N2/c1-2-3-4-5-12(16-15)10-8-9(13)6-7-11(10)14/h6-8,12,16H,4-5,15H2,1H3. The van der Waals surface area contributed by atoms with Crippen molar-refractivity contribution in [1.82, 2.24) is 5.43 Å². The second-order valence-corrected chi connectivity index (χ2v) is 3.35. The molecular weight excluding hydrogens is 210 g/mol. The van der Waals surface area contributed by atoms with Crippen molar-refractivity contribution in [2.75, 3.05) is 0 Å². The maximum absolute atomic E-state index is 13.4. The van der Waals surface area contributed by atoms with Crippen LogP contribution in [0.5, 0.6) is 0 Å². The minimum atomic E-state index is -0.474. The Hall–Kier alpha value is -1.44. The molecule has 1 aromatic carbocycles. The average molecular weight is 224 g/mol.